The molecule has 1 rings (SSSR count). The summed E-state index contributed by atoms with van der Waals surface area (Å²) in [6.45, 7) is 16.9. The van der Waals surface area contributed by atoms with E-state index in [1.165, 1.54) is 0 Å². The van der Waals surface area contributed by atoms with Gasteiger partial charge in [-0.05, 0) is 25.4 Å². The summed E-state index contributed by atoms with van der Waals surface area (Å²) in [5.41, 5.74) is -0.0866. The van der Waals surface area contributed by atoms with Gasteiger partial charge in [-0.3, -0.25) is 4.79 Å². The topological polar surface area (TPSA) is 55.8 Å². The highest BCUT2D eigenvalue weighted by Gasteiger charge is 2.46. The molecule has 1 aliphatic heterocycles. The van der Waals surface area contributed by atoms with Crippen molar-refractivity contribution >= 4 is 20.9 Å². The molecular weight excluding hydrogens is 310 g/mol. The fourth-order valence-electron chi connectivity index (χ4n) is 3.18. The third kappa shape index (κ3) is 5.46. The highest BCUT2D eigenvalue weighted by Crippen LogP contribution is 2.37. The molecule has 5 nitrogen and oxygen atoms in total. The Morgan fingerprint density at radius 3 is 2.39 bits per heavy atom. The zero-order valence-electron chi connectivity index (χ0n) is 15.3. The molecule has 0 aromatic rings. The van der Waals surface area contributed by atoms with E-state index < -0.39 is 9.04 Å². The van der Waals surface area contributed by atoms with Gasteiger partial charge in [0.1, 0.15) is 12.4 Å². The molecule has 0 aliphatic carbocycles. The largest absolute Gasteiger partial charge is 0.445 e. The van der Waals surface area contributed by atoms with Crippen molar-refractivity contribution in [1.82, 2.24) is 4.90 Å². The Kier molecular flexibility index (Phi) is 7.01. The van der Waals surface area contributed by atoms with E-state index in [0.29, 0.717) is 13.1 Å². The Morgan fingerprint density at radius 2 is 1.96 bits per heavy atom. The zero-order chi connectivity index (χ0) is 17.8. The maximum atomic E-state index is 12.1. The number of hydrogen-bond acceptors (Lipinski definition) is 4. The monoisotopic (exact) mass is 341 g/mol. The van der Waals surface area contributed by atoms with Crippen LogP contribution in [0.15, 0.2) is 12.7 Å². The van der Waals surface area contributed by atoms with E-state index in [2.05, 4.69) is 40.4 Å². The van der Waals surface area contributed by atoms with Crippen LogP contribution in [-0.2, 0) is 14.0 Å². The maximum absolute atomic E-state index is 12.1. The molecule has 0 radical (unpaired) electrons. The van der Waals surface area contributed by atoms with Crippen molar-refractivity contribution in [1.29, 1.82) is 0 Å². The van der Waals surface area contributed by atoms with Gasteiger partial charge in [0.05, 0.1) is 6.10 Å². The summed E-state index contributed by atoms with van der Waals surface area (Å²) in [5, 5.41) is 0. The highest BCUT2D eigenvalue weighted by atomic mass is 28.3. The van der Waals surface area contributed by atoms with E-state index in [1.807, 2.05) is 0 Å². The van der Waals surface area contributed by atoms with Crippen molar-refractivity contribution in [2.75, 3.05) is 19.7 Å². The minimum Gasteiger partial charge on any atom is -0.445 e. The van der Waals surface area contributed by atoms with Crippen molar-refractivity contribution in [2.24, 2.45) is 17.3 Å². The van der Waals surface area contributed by atoms with Gasteiger partial charge in [-0.1, -0.05) is 33.4 Å². The van der Waals surface area contributed by atoms with Crippen molar-refractivity contribution in [3.05, 3.63) is 12.7 Å². The van der Waals surface area contributed by atoms with E-state index in [0.717, 1.165) is 0 Å². The number of likely N-dealkylation sites (tertiary alicyclic amines) is 1. The van der Waals surface area contributed by atoms with Gasteiger partial charge in [-0.25, -0.2) is 4.79 Å². The van der Waals surface area contributed by atoms with Crippen molar-refractivity contribution in [3.63, 3.8) is 0 Å². The Hall–Kier alpha value is -1.14. The molecule has 1 aliphatic rings. The lowest BCUT2D eigenvalue weighted by Gasteiger charge is -2.38. The van der Waals surface area contributed by atoms with Gasteiger partial charge in [0.15, 0.2) is 9.04 Å². The molecule has 6 heteroatoms. The predicted octanol–water partition coefficient (Wildman–Crippen LogP) is 2.86. The van der Waals surface area contributed by atoms with Crippen molar-refractivity contribution < 1.29 is 18.8 Å². The summed E-state index contributed by atoms with van der Waals surface area (Å²) < 4.78 is 11.4. The van der Waals surface area contributed by atoms with Gasteiger partial charge in [0, 0.05) is 24.9 Å². The van der Waals surface area contributed by atoms with Gasteiger partial charge >= 0.3 is 6.09 Å². The van der Waals surface area contributed by atoms with Gasteiger partial charge < -0.3 is 14.1 Å². The minimum atomic E-state index is -1.27. The van der Waals surface area contributed by atoms with E-state index in [1.54, 1.807) is 17.9 Å². The van der Waals surface area contributed by atoms with Crippen LogP contribution in [0.5, 0.6) is 0 Å². The molecule has 0 saturated carbocycles. The first-order valence-corrected chi connectivity index (χ1v) is 11.0. The van der Waals surface area contributed by atoms with Crippen molar-refractivity contribution in [3.8, 4) is 0 Å². The van der Waals surface area contributed by atoms with E-state index in [-0.39, 0.29) is 41.8 Å². The van der Waals surface area contributed by atoms with E-state index >= 15 is 0 Å². The van der Waals surface area contributed by atoms with Crippen LogP contribution in [0.2, 0.25) is 13.1 Å². The SMILES string of the molecule is C=CCOC(=O)N1CC(C(C)=O)C(C(O[SiH](C)C)C(C)(C)C)C1. The molecule has 132 valence electrons. The minimum absolute atomic E-state index is 0.0127. The summed E-state index contributed by atoms with van der Waals surface area (Å²) in [6.07, 6.45) is 1.12. The number of nitrogens with zero attached hydrogens (tertiary/aromatic N) is 1. The first-order valence-electron chi connectivity index (χ1n) is 8.26. The van der Waals surface area contributed by atoms with Gasteiger partial charge in [-0.2, -0.15) is 0 Å². The highest BCUT2D eigenvalue weighted by molar-refractivity contribution is 6.48. The lowest BCUT2D eigenvalue weighted by molar-refractivity contribution is -0.123. The number of carbonyl (C=O) groups is 2. The van der Waals surface area contributed by atoms with Crippen LogP contribution < -0.4 is 0 Å². The molecule has 3 unspecified atom stereocenters. The second-order valence-corrected chi connectivity index (χ2v) is 9.99. The Labute approximate surface area is 141 Å². The van der Waals surface area contributed by atoms with Gasteiger partial charge in [-0.15, -0.1) is 0 Å². The number of ketones is 1. The number of Topliss-reactive ketones (excluding diaryl/α,β-unsaturated/α-hetero) is 1. The fourth-order valence-corrected chi connectivity index (χ4v) is 4.37. The van der Waals surface area contributed by atoms with Crippen molar-refractivity contribution in [2.45, 2.75) is 46.9 Å². The molecule has 0 aromatic carbocycles. The third-order valence-electron chi connectivity index (χ3n) is 4.13. The molecule has 1 amide bonds. The number of ether oxygens (including phenoxy) is 1. The van der Waals surface area contributed by atoms with Crippen LogP contribution >= 0.6 is 0 Å². The first kappa shape index (κ1) is 19.9. The van der Waals surface area contributed by atoms with E-state index in [9.17, 15) is 9.59 Å². The second kappa shape index (κ2) is 8.10. The van der Waals surface area contributed by atoms with Crippen LogP contribution in [0.25, 0.3) is 0 Å². The standard InChI is InChI=1S/C17H31NO4Si/c1-8-9-21-16(20)18-10-13(12(2)19)14(11-18)15(17(3,4)5)22-23(6)7/h8,13-15,23H,1,9-11H2,2-7H3. The molecule has 3 atom stereocenters. The third-order valence-corrected chi connectivity index (χ3v) is 4.97. The second-order valence-electron chi connectivity index (χ2n) is 7.62. The maximum Gasteiger partial charge on any atom is 0.410 e. The smallest absolute Gasteiger partial charge is 0.410 e. The molecule has 0 aromatic heterocycles. The quantitative estimate of drug-likeness (QED) is 0.551. The molecule has 1 fully saturated rings. The van der Waals surface area contributed by atoms with Crippen LogP contribution in [0.4, 0.5) is 4.79 Å². The Bertz CT molecular complexity index is 444. The average molecular weight is 342 g/mol. The summed E-state index contributed by atoms with van der Waals surface area (Å²) in [7, 11) is -1.27. The van der Waals surface area contributed by atoms with Crippen LogP contribution in [0.3, 0.4) is 0 Å². The molecule has 0 spiro atoms. The first-order chi connectivity index (χ1) is 10.6. The van der Waals surface area contributed by atoms with Crippen LogP contribution in [0.1, 0.15) is 27.7 Å². The lowest BCUT2D eigenvalue weighted by Crippen LogP contribution is -2.44. The molecule has 0 N–H and O–H groups in total. The summed E-state index contributed by atoms with van der Waals surface area (Å²) in [6, 6.07) is 0. The molecule has 1 saturated heterocycles. The molecule has 23 heavy (non-hydrogen) atoms. The Morgan fingerprint density at radius 1 is 1.35 bits per heavy atom. The summed E-state index contributed by atoms with van der Waals surface area (Å²) >= 11 is 0. The summed E-state index contributed by atoms with van der Waals surface area (Å²) in [5.74, 6) is -0.0702. The van der Waals surface area contributed by atoms with Gasteiger partial charge in [0.2, 0.25) is 0 Å². The molecule has 1 heterocycles. The van der Waals surface area contributed by atoms with Gasteiger partial charge in [0.25, 0.3) is 0 Å². The molecule has 0 bridgehead atoms. The van der Waals surface area contributed by atoms with Crippen LogP contribution in [-0.4, -0.2) is 51.6 Å². The van der Waals surface area contributed by atoms with E-state index in [4.69, 9.17) is 9.16 Å². The zero-order valence-corrected chi connectivity index (χ0v) is 16.5. The predicted molar refractivity (Wildman–Crippen MR) is 94.0 cm³/mol. The Balaban J connectivity index is 2.98. The fraction of sp³-hybridized carbons (Fsp3) is 0.765. The normalized spacial score (nSPS) is 23.0. The average Bonchev–Trinajstić information content (AvgIpc) is 2.85. The van der Waals surface area contributed by atoms with Crippen LogP contribution in [0, 0.1) is 17.3 Å². The summed E-state index contributed by atoms with van der Waals surface area (Å²) in [4.78, 5) is 25.9. The number of hydrogen-bond donors (Lipinski definition) is 0. The number of rotatable bonds is 6. The lowest BCUT2D eigenvalue weighted by atomic mass is 9.76. The molecular formula is C17H31NO4Si. The number of amides is 1. The number of carbonyl (C=O) groups excluding carboxylic acids is 2.